The Morgan fingerprint density at radius 3 is 2.45 bits per heavy atom. The van der Waals surface area contributed by atoms with E-state index in [1.54, 1.807) is 36.4 Å². The molecule has 1 aliphatic heterocycles. The van der Waals surface area contributed by atoms with Crippen molar-refractivity contribution in [2.75, 3.05) is 12.8 Å². The predicted octanol–water partition coefficient (Wildman–Crippen LogP) is 4.07. The first-order valence-electron chi connectivity index (χ1n) is 9.90. The summed E-state index contributed by atoms with van der Waals surface area (Å²) in [6, 6.07) is 19.9. The van der Waals surface area contributed by atoms with E-state index in [9.17, 15) is 13.2 Å². The highest BCUT2D eigenvalue weighted by Gasteiger charge is 2.26. The average molecular weight is 456 g/mol. The zero-order valence-corrected chi connectivity index (χ0v) is 18.5. The number of carbonyl (C=O) groups excluding carboxylic acids is 1. The second-order valence-corrected chi connectivity index (χ2v) is 10.1. The molecule has 31 heavy (non-hydrogen) atoms. The molecule has 0 spiro atoms. The highest BCUT2D eigenvalue weighted by Crippen LogP contribution is 2.38. The molecule has 0 fully saturated rings. The maximum absolute atomic E-state index is 12.3. The van der Waals surface area contributed by atoms with Crippen LogP contribution in [0.1, 0.15) is 11.1 Å². The molecule has 0 radical (unpaired) electrons. The molecule has 1 heterocycles. The minimum absolute atomic E-state index is 0.0709. The summed E-state index contributed by atoms with van der Waals surface area (Å²) in [6.45, 7) is 0.410. The molecule has 1 atom stereocenters. The number of hydrogen-bond acceptors (Lipinski definition) is 4. The van der Waals surface area contributed by atoms with Crippen molar-refractivity contribution in [3.63, 3.8) is 0 Å². The Bertz CT molecular complexity index is 1210. The fourth-order valence-corrected chi connectivity index (χ4v) is 4.40. The maximum atomic E-state index is 12.3. The first-order valence-corrected chi connectivity index (χ1v) is 12.2. The SMILES string of the molecule is CS(=O)(=O)c1ccc(-c2cccc3c2O[C@@H](CNC(=O)Cc2ccc(Cl)cc2)C3)cc1. The monoisotopic (exact) mass is 455 g/mol. The summed E-state index contributed by atoms with van der Waals surface area (Å²) in [5, 5.41) is 3.58. The lowest BCUT2D eigenvalue weighted by Crippen LogP contribution is -2.35. The van der Waals surface area contributed by atoms with E-state index in [1.165, 1.54) is 6.26 Å². The third kappa shape index (κ3) is 5.09. The van der Waals surface area contributed by atoms with E-state index in [4.69, 9.17) is 16.3 Å². The largest absolute Gasteiger partial charge is 0.487 e. The van der Waals surface area contributed by atoms with Crippen LogP contribution in [0.5, 0.6) is 5.75 Å². The Labute approximate surface area is 186 Å². The first-order chi connectivity index (χ1) is 14.8. The number of nitrogens with one attached hydrogen (secondary N) is 1. The number of amides is 1. The van der Waals surface area contributed by atoms with Gasteiger partial charge in [-0.2, -0.15) is 0 Å². The Balaban J connectivity index is 1.41. The van der Waals surface area contributed by atoms with Gasteiger partial charge in [-0.1, -0.05) is 54.1 Å². The topological polar surface area (TPSA) is 72.5 Å². The smallest absolute Gasteiger partial charge is 0.224 e. The molecule has 0 aliphatic carbocycles. The Morgan fingerprint density at radius 1 is 1.06 bits per heavy atom. The van der Waals surface area contributed by atoms with E-state index in [0.29, 0.717) is 18.0 Å². The van der Waals surface area contributed by atoms with Gasteiger partial charge in [-0.25, -0.2) is 8.42 Å². The fourth-order valence-electron chi connectivity index (χ4n) is 3.64. The number of benzene rings is 3. The highest BCUT2D eigenvalue weighted by atomic mass is 35.5. The number of hydrogen-bond donors (Lipinski definition) is 1. The van der Waals surface area contributed by atoms with Gasteiger partial charge >= 0.3 is 0 Å². The highest BCUT2D eigenvalue weighted by molar-refractivity contribution is 7.90. The molecule has 1 N–H and O–H groups in total. The van der Waals surface area contributed by atoms with Crippen LogP contribution in [0.3, 0.4) is 0 Å². The molecule has 5 nitrogen and oxygen atoms in total. The lowest BCUT2D eigenvalue weighted by Gasteiger charge is -2.14. The molecule has 4 rings (SSSR count). The van der Waals surface area contributed by atoms with Gasteiger partial charge in [0.05, 0.1) is 17.9 Å². The summed E-state index contributed by atoms with van der Waals surface area (Å²) < 4.78 is 29.6. The fraction of sp³-hybridized carbons (Fsp3) is 0.208. The normalized spacial score (nSPS) is 15.2. The molecule has 3 aromatic carbocycles. The van der Waals surface area contributed by atoms with Gasteiger partial charge in [-0.3, -0.25) is 4.79 Å². The van der Waals surface area contributed by atoms with Gasteiger partial charge in [0.15, 0.2) is 9.84 Å². The van der Waals surface area contributed by atoms with E-state index >= 15 is 0 Å². The van der Waals surface area contributed by atoms with Gasteiger partial charge in [0, 0.05) is 23.3 Å². The summed E-state index contributed by atoms with van der Waals surface area (Å²) in [5.41, 5.74) is 3.77. The number of carbonyl (C=O) groups is 1. The van der Waals surface area contributed by atoms with Gasteiger partial charge in [0.2, 0.25) is 5.91 Å². The maximum Gasteiger partial charge on any atom is 0.224 e. The summed E-state index contributed by atoms with van der Waals surface area (Å²) in [4.78, 5) is 12.6. The number of fused-ring (bicyclic) bond motifs is 1. The van der Waals surface area contributed by atoms with E-state index in [1.807, 2.05) is 30.3 Å². The van der Waals surface area contributed by atoms with E-state index in [-0.39, 0.29) is 23.3 Å². The molecule has 160 valence electrons. The summed E-state index contributed by atoms with van der Waals surface area (Å²) in [6.07, 6.45) is 2.03. The molecule has 0 saturated heterocycles. The van der Waals surface area contributed by atoms with E-state index in [0.717, 1.165) is 28.0 Å². The van der Waals surface area contributed by atoms with Crippen LogP contribution >= 0.6 is 11.6 Å². The van der Waals surface area contributed by atoms with Crippen molar-refractivity contribution in [2.45, 2.75) is 23.8 Å². The lowest BCUT2D eigenvalue weighted by molar-refractivity contribution is -0.120. The Kier molecular flexibility index (Phi) is 6.03. The van der Waals surface area contributed by atoms with Gasteiger partial charge in [-0.05, 0) is 41.0 Å². The minimum atomic E-state index is -3.24. The molecule has 7 heteroatoms. The van der Waals surface area contributed by atoms with Crippen LogP contribution in [-0.2, 0) is 27.5 Å². The van der Waals surface area contributed by atoms with Gasteiger partial charge < -0.3 is 10.1 Å². The summed E-state index contributed by atoms with van der Waals surface area (Å²) >= 11 is 5.88. The zero-order valence-electron chi connectivity index (χ0n) is 17.0. The van der Waals surface area contributed by atoms with Crippen molar-refractivity contribution in [1.82, 2.24) is 5.32 Å². The summed E-state index contributed by atoms with van der Waals surface area (Å²) in [5.74, 6) is 0.713. The molecule has 0 aromatic heterocycles. The van der Waals surface area contributed by atoms with Crippen LogP contribution in [0.4, 0.5) is 0 Å². The molecule has 0 bridgehead atoms. The molecule has 0 unspecified atom stereocenters. The van der Waals surface area contributed by atoms with E-state index in [2.05, 4.69) is 5.32 Å². The van der Waals surface area contributed by atoms with Crippen molar-refractivity contribution >= 4 is 27.3 Å². The van der Waals surface area contributed by atoms with Crippen LogP contribution in [0.25, 0.3) is 11.1 Å². The predicted molar refractivity (Wildman–Crippen MR) is 121 cm³/mol. The summed E-state index contributed by atoms with van der Waals surface area (Å²) in [7, 11) is -3.24. The van der Waals surface area contributed by atoms with Crippen LogP contribution in [0.15, 0.2) is 71.6 Å². The molecule has 1 aliphatic rings. The first kappa shape index (κ1) is 21.4. The lowest BCUT2D eigenvalue weighted by atomic mass is 10.0. The third-order valence-corrected chi connectivity index (χ3v) is 6.61. The van der Waals surface area contributed by atoms with Crippen molar-refractivity contribution in [3.8, 4) is 16.9 Å². The van der Waals surface area contributed by atoms with Crippen molar-refractivity contribution in [3.05, 3.63) is 82.9 Å². The van der Waals surface area contributed by atoms with Gasteiger partial charge in [0.25, 0.3) is 0 Å². The Morgan fingerprint density at radius 2 is 1.77 bits per heavy atom. The van der Waals surface area contributed by atoms with Gasteiger partial charge in [0.1, 0.15) is 11.9 Å². The van der Waals surface area contributed by atoms with Gasteiger partial charge in [-0.15, -0.1) is 0 Å². The van der Waals surface area contributed by atoms with Crippen molar-refractivity contribution in [1.29, 1.82) is 0 Å². The average Bonchev–Trinajstić information content (AvgIpc) is 3.17. The zero-order chi connectivity index (χ0) is 22.0. The van der Waals surface area contributed by atoms with Crippen LogP contribution in [0.2, 0.25) is 5.02 Å². The van der Waals surface area contributed by atoms with E-state index < -0.39 is 9.84 Å². The van der Waals surface area contributed by atoms with Crippen LogP contribution in [-0.4, -0.2) is 33.2 Å². The number of halogens is 1. The number of sulfone groups is 1. The molecule has 0 saturated carbocycles. The molecule has 3 aromatic rings. The number of rotatable bonds is 6. The number of para-hydroxylation sites is 1. The molecular formula is C24H22ClNO4S. The quantitative estimate of drug-likeness (QED) is 0.608. The Hall–Kier alpha value is -2.83. The standard InChI is InChI=1S/C24H22ClNO4S/c1-31(28,29)21-11-7-17(8-12-21)22-4-2-3-18-14-20(30-24(18)22)15-26-23(27)13-16-5-9-19(25)10-6-16/h2-12,20H,13-15H2,1H3,(H,26,27)/t20-/m1/s1. The molecular weight excluding hydrogens is 434 g/mol. The van der Waals surface area contributed by atoms with Crippen molar-refractivity contribution in [2.24, 2.45) is 0 Å². The number of ether oxygens (including phenoxy) is 1. The van der Waals surface area contributed by atoms with Crippen LogP contribution in [0, 0.1) is 0 Å². The minimum Gasteiger partial charge on any atom is -0.487 e. The van der Waals surface area contributed by atoms with Crippen molar-refractivity contribution < 1.29 is 17.9 Å². The second kappa shape index (κ2) is 8.73. The second-order valence-electron chi connectivity index (χ2n) is 7.64. The third-order valence-electron chi connectivity index (χ3n) is 5.23. The van der Waals surface area contributed by atoms with Crippen LogP contribution < -0.4 is 10.1 Å². The molecule has 1 amide bonds.